The third-order valence-corrected chi connectivity index (χ3v) is 5.39. The Morgan fingerprint density at radius 3 is 2.55 bits per heavy atom. The van der Waals surface area contributed by atoms with Crippen LogP contribution in [0.5, 0.6) is 5.75 Å². The molecule has 0 heterocycles. The van der Waals surface area contributed by atoms with Crippen LogP contribution in [0.25, 0.3) is 0 Å². The van der Waals surface area contributed by atoms with Crippen LogP contribution in [0.1, 0.15) is 33.5 Å². The summed E-state index contributed by atoms with van der Waals surface area (Å²) in [7, 11) is -1.32. The Morgan fingerprint density at radius 2 is 1.83 bits per heavy atom. The molecule has 0 aliphatic carbocycles. The van der Waals surface area contributed by atoms with Crippen LogP contribution in [0.4, 0.5) is 0 Å². The van der Waals surface area contributed by atoms with Gasteiger partial charge in [0, 0.05) is 12.8 Å². The van der Waals surface area contributed by atoms with Gasteiger partial charge >= 0.3 is 5.97 Å². The Labute approximate surface area is 174 Å². The second kappa shape index (κ2) is 10.8. The van der Waals surface area contributed by atoms with Crippen molar-refractivity contribution in [1.82, 2.24) is 5.32 Å². The Hall–Kier alpha value is -2.67. The number of nitrogens with one attached hydrogen (secondary N) is 1. The van der Waals surface area contributed by atoms with Gasteiger partial charge in [0.1, 0.15) is 5.75 Å². The highest BCUT2D eigenvalue weighted by molar-refractivity contribution is 7.84. The molecule has 2 aromatic rings. The molecule has 2 aromatic carbocycles. The Bertz CT molecular complexity index is 910. The number of rotatable bonds is 9. The van der Waals surface area contributed by atoms with E-state index in [0.29, 0.717) is 24.5 Å². The summed E-state index contributed by atoms with van der Waals surface area (Å²) in [5.74, 6) is -0.203. The number of ether oxygens (including phenoxy) is 2. The maximum Gasteiger partial charge on any atom is 0.339 e. The van der Waals surface area contributed by atoms with Gasteiger partial charge in [-0.25, -0.2) is 4.79 Å². The summed E-state index contributed by atoms with van der Waals surface area (Å²) in [6.07, 6.45) is 2.12. The predicted octanol–water partition coefficient (Wildman–Crippen LogP) is 3.09. The maximum atomic E-state index is 12.1. The van der Waals surface area contributed by atoms with Crippen molar-refractivity contribution >= 4 is 22.7 Å². The van der Waals surface area contributed by atoms with Crippen LogP contribution in [0.2, 0.25) is 0 Å². The van der Waals surface area contributed by atoms with Gasteiger partial charge < -0.3 is 14.8 Å². The summed E-state index contributed by atoms with van der Waals surface area (Å²) in [5.41, 5.74) is 3.65. The molecular formula is C22H27NO5S. The molecule has 1 amide bonds. The molecule has 0 saturated carbocycles. The van der Waals surface area contributed by atoms with Gasteiger partial charge in [0.15, 0.2) is 6.61 Å². The number of aryl methyl sites for hydroxylation is 2. The highest BCUT2D eigenvalue weighted by Gasteiger charge is 2.15. The number of amides is 1. The average molecular weight is 418 g/mol. The van der Waals surface area contributed by atoms with Crippen LogP contribution in [0.15, 0.2) is 41.3 Å². The minimum Gasteiger partial charge on any atom is -0.493 e. The van der Waals surface area contributed by atoms with Gasteiger partial charge in [0.05, 0.1) is 27.9 Å². The van der Waals surface area contributed by atoms with Gasteiger partial charge in [0.2, 0.25) is 0 Å². The molecule has 29 heavy (non-hydrogen) atoms. The molecule has 2 rings (SSSR count). The summed E-state index contributed by atoms with van der Waals surface area (Å²) in [5, 5.41) is 2.69. The minimum atomic E-state index is -1.32. The number of benzene rings is 2. The van der Waals surface area contributed by atoms with E-state index in [-0.39, 0.29) is 12.2 Å². The van der Waals surface area contributed by atoms with E-state index >= 15 is 0 Å². The number of esters is 1. The number of carbonyl (C=O) groups excluding carboxylic acids is 2. The molecule has 0 unspecified atom stereocenters. The summed E-state index contributed by atoms with van der Waals surface area (Å²) in [6, 6.07) is 10.6. The van der Waals surface area contributed by atoms with E-state index in [2.05, 4.69) is 11.4 Å². The van der Waals surface area contributed by atoms with Gasteiger partial charge in [0.25, 0.3) is 5.91 Å². The van der Waals surface area contributed by atoms with E-state index in [9.17, 15) is 13.8 Å². The van der Waals surface area contributed by atoms with E-state index in [1.165, 1.54) is 17.9 Å². The standard InChI is InChI=1S/C22H27NO5S/c1-15-12-16(2)17(3)19(13-15)27-11-7-10-23-21(24)14-28-22(25)18-8-5-6-9-20(18)29(4)26/h5-6,8-9,12-13H,7,10-11,14H2,1-4H3,(H,23,24)/t29-/m1/s1. The average Bonchev–Trinajstić information content (AvgIpc) is 2.69. The molecule has 6 nitrogen and oxygen atoms in total. The molecule has 0 spiro atoms. The van der Waals surface area contributed by atoms with Crippen LogP contribution in [-0.4, -0.2) is 42.1 Å². The largest absolute Gasteiger partial charge is 0.493 e. The third kappa shape index (κ3) is 6.71. The first-order chi connectivity index (χ1) is 13.8. The lowest BCUT2D eigenvalue weighted by Crippen LogP contribution is -2.30. The predicted molar refractivity (Wildman–Crippen MR) is 113 cm³/mol. The highest BCUT2D eigenvalue weighted by Crippen LogP contribution is 2.23. The highest BCUT2D eigenvalue weighted by atomic mass is 32.2. The molecule has 0 aliphatic rings. The van der Waals surface area contributed by atoms with Crippen molar-refractivity contribution in [2.75, 3.05) is 26.0 Å². The van der Waals surface area contributed by atoms with Gasteiger partial charge in [-0.1, -0.05) is 18.2 Å². The summed E-state index contributed by atoms with van der Waals surface area (Å²) in [6.45, 7) is 6.59. The minimum absolute atomic E-state index is 0.207. The van der Waals surface area contributed by atoms with Gasteiger partial charge in [-0.15, -0.1) is 0 Å². The van der Waals surface area contributed by atoms with Gasteiger partial charge in [-0.2, -0.15) is 0 Å². The Balaban J connectivity index is 1.72. The first-order valence-corrected chi connectivity index (χ1v) is 10.9. The molecule has 0 radical (unpaired) electrons. The molecule has 0 aromatic heterocycles. The van der Waals surface area contributed by atoms with Gasteiger partial charge in [-0.05, 0) is 62.1 Å². The third-order valence-electron chi connectivity index (χ3n) is 4.42. The van der Waals surface area contributed by atoms with Crippen molar-refractivity contribution < 1.29 is 23.3 Å². The quantitative estimate of drug-likeness (QED) is 0.501. The second-order valence-electron chi connectivity index (χ2n) is 6.78. The zero-order valence-corrected chi connectivity index (χ0v) is 18.1. The van der Waals surface area contributed by atoms with Crippen LogP contribution in [0, 0.1) is 20.8 Å². The fourth-order valence-corrected chi connectivity index (χ4v) is 3.51. The molecule has 7 heteroatoms. The summed E-state index contributed by atoms with van der Waals surface area (Å²) < 4.78 is 22.5. The Kier molecular flexibility index (Phi) is 8.39. The fraction of sp³-hybridized carbons (Fsp3) is 0.364. The van der Waals surface area contributed by atoms with E-state index in [1.54, 1.807) is 18.2 Å². The zero-order valence-electron chi connectivity index (χ0n) is 17.2. The normalized spacial score (nSPS) is 11.6. The Morgan fingerprint density at radius 1 is 1.10 bits per heavy atom. The smallest absolute Gasteiger partial charge is 0.339 e. The SMILES string of the molecule is Cc1cc(C)c(C)c(OCCCNC(=O)COC(=O)c2ccccc2[S@@](C)=O)c1. The molecular weight excluding hydrogens is 390 g/mol. The van der Waals surface area contributed by atoms with Crippen LogP contribution >= 0.6 is 0 Å². The monoisotopic (exact) mass is 417 g/mol. The van der Waals surface area contributed by atoms with Crippen LogP contribution in [0.3, 0.4) is 0 Å². The van der Waals surface area contributed by atoms with Crippen molar-refractivity contribution in [3.8, 4) is 5.75 Å². The van der Waals surface area contributed by atoms with Gasteiger partial charge in [-0.3, -0.25) is 9.00 Å². The molecule has 156 valence electrons. The summed E-state index contributed by atoms with van der Waals surface area (Å²) >= 11 is 0. The lowest BCUT2D eigenvalue weighted by molar-refractivity contribution is -0.124. The number of hydrogen-bond donors (Lipinski definition) is 1. The number of hydrogen-bond acceptors (Lipinski definition) is 5. The molecule has 0 saturated heterocycles. The van der Waals surface area contributed by atoms with E-state index in [0.717, 1.165) is 16.9 Å². The van der Waals surface area contributed by atoms with Crippen LogP contribution < -0.4 is 10.1 Å². The number of carbonyl (C=O) groups is 2. The van der Waals surface area contributed by atoms with Crippen molar-refractivity contribution in [2.45, 2.75) is 32.1 Å². The first kappa shape index (κ1) is 22.6. The summed E-state index contributed by atoms with van der Waals surface area (Å²) in [4.78, 5) is 24.4. The molecule has 1 N–H and O–H groups in total. The van der Waals surface area contributed by atoms with E-state index in [1.807, 2.05) is 26.8 Å². The second-order valence-corrected chi connectivity index (χ2v) is 8.13. The van der Waals surface area contributed by atoms with E-state index in [4.69, 9.17) is 9.47 Å². The van der Waals surface area contributed by atoms with Crippen molar-refractivity contribution in [3.05, 3.63) is 58.7 Å². The van der Waals surface area contributed by atoms with Crippen molar-refractivity contribution in [3.63, 3.8) is 0 Å². The topological polar surface area (TPSA) is 81.7 Å². The zero-order chi connectivity index (χ0) is 21.4. The maximum absolute atomic E-state index is 12.1. The first-order valence-electron chi connectivity index (χ1n) is 9.36. The molecule has 0 bridgehead atoms. The fourth-order valence-electron chi connectivity index (χ4n) is 2.78. The lowest BCUT2D eigenvalue weighted by Gasteiger charge is -2.12. The van der Waals surface area contributed by atoms with E-state index < -0.39 is 22.7 Å². The molecule has 1 atom stereocenters. The lowest BCUT2D eigenvalue weighted by atomic mass is 10.1. The van der Waals surface area contributed by atoms with Crippen molar-refractivity contribution in [2.24, 2.45) is 0 Å². The molecule has 0 aliphatic heterocycles. The van der Waals surface area contributed by atoms with Crippen LogP contribution in [-0.2, 0) is 20.3 Å². The van der Waals surface area contributed by atoms with Crippen molar-refractivity contribution in [1.29, 1.82) is 0 Å². The molecule has 0 fully saturated rings.